The molecular weight excluding hydrogens is 338 g/mol. The van der Waals surface area contributed by atoms with Crippen LogP contribution >= 0.6 is 11.6 Å². The zero-order valence-corrected chi connectivity index (χ0v) is 15.4. The van der Waals surface area contributed by atoms with E-state index in [1.54, 1.807) is 12.1 Å². The molecule has 25 heavy (non-hydrogen) atoms. The highest BCUT2D eigenvalue weighted by atomic mass is 35.5. The van der Waals surface area contributed by atoms with Crippen LogP contribution < -0.4 is 14.8 Å². The van der Waals surface area contributed by atoms with Gasteiger partial charge in [0.25, 0.3) is 5.91 Å². The van der Waals surface area contributed by atoms with E-state index in [0.29, 0.717) is 30.3 Å². The van der Waals surface area contributed by atoms with Crippen LogP contribution in [0.5, 0.6) is 11.5 Å². The van der Waals surface area contributed by atoms with E-state index in [2.05, 4.69) is 12.2 Å². The molecule has 1 atom stereocenters. The minimum atomic E-state index is -0.580. The Hall–Kier alpha value is -2.20. The van der Waals surface area contributed by atoms with Crippen LogP contribution in [0.25, 0.3) is 0 Å². The van der Waals surface area contributed by atoms with Crippen molar-refractivity contribution in [1.29, 1.82) is 0 Å². The molecule has 1 unspecified atom stereocenters. The van der Waals surface area contributed by atoms with Crippen molar-refractivity contribution in [3.05, 3.63) is 59.1 Å². The molecule has 0 radical (unpaired) electrons. The molecule has 134 valence electrons. The van der Waals surface area contributed by atoms with Crippen molar-refractivity contribution in [1.82, 2.24) is 5.32 Å². The number of hydrogen-bond donors (Lipinski definition) is 1. The number of halogens is 1. The van der Waals surface area contributed by atoms with Gasteiger partial charge in [-0.05, 0) is 42.7 Å². The van der Waals surface area contributed by atoms with Gasteiger partial charge < -0.3 is 14.8 Å². The Bertz CT molecular complexity index is 673. The van der Waals surface area contributed by atoms with E-state index in [1.165, 1.54) is 5.56 Å². The van der Waals surface area contributed by atoms with Crippen LogP contribution in [0.1, 0.15) is 25.8 Å². The smallest absolute Gasteiger partial charge is 0.261 e. The summed E-state index contributed by atoms with van der Waals surface area (Å²) >= 11 is 6.07. The third-order valence-corrected chi connectivity index (χ3v) is 4.08. The number of aryl methyl sites for hydroxylation is 1. The maximum atomic E-state index is 12.3. The van der Waals surface area contributed by atoms with E-state index >= 15 is 0 Å². The third-order valence-electron chi connectivity index (χ3n) is 3.77. The van der Waals surface area contributed by atoms with Crippen LogP contribution in [0.4, 0.5) is 0 Å². The average molecular weight is 362 g/mol. The molecule has 1 amide bonds. The second-order valence-electron chi connectivity index (χ2n) is 5.58. The molecule has 0 aliphatic carbocycles. The van der Waals surface area contributed by atoms with Gasteiger partial charge in [0.05, 0.1) is 11.6 Å². The first kappa shape index (κ1) is 19.1. The zero-order valence-electron chi connectivity index (χ0n) is 14.6. The summed E-state index contributed by atoms with van der Waals surface area (Å²) in [4.78, 5) is 12.3. The molecule has 2 aromatic carbocycles. The van der Waals surface area contributed by atoms with Crippen LogP contribution in [0.2, 0.25) is 5.02 Å². The molecule has 0 aliphatic heterocycles. The first-order chi connectivity index (χ1) is 12.1. The fourth-order valence-corrected chi connectivity index (χ4v) is 2.47. The van der Waals surface area contributed by atoms with E-state index in [1.807, 2.05) is 43.3 Å². The Morgan fingerprint density at radius 3 is 2.48 bits per heavy atom. The average Bonchev–Trinajstić information content (AvgIpc) is 2.65. The van der Waals surface area contributed by atoms with Gasteiger partial charge in [-0.2, -0.15) is 0 Å². The molecule has 1 N–H and O–H groups in total. The lowest BCUT2D eigenvalue weighted by atomic mass is 10.2. The van der Waals surface area contributed by atoms with Gasteiger partial charge in [-0.3, -0.25) is 4.79 Å². The van der Waals surface area contributed by atoms with Gasteiger partial charge >= 0.3 is 0 Å². The molecule has 5 heteroatoms. The number of ether oxygens (including phenoxy) is 2. The van der Waals surface area contributed by atoms with Gasteiger partial charge in [0.15, 0.2) is 6.10 Å². The van der Waals surface area contributed by atoms with Gasteiger partial charge in [0, 0.05) is 0 Å². The molecule has 0 spiro atoms. The summed E-state index contributed by atoms with van der Waals surface area (Å²) in [5.41, 5.74) is 1.27. The second kappa shape index (κ2) is 9.94. The van der Waals surface area contributed by atoms with Crippen LogP contribution in [0.3, 0.4) is 0 Å². The van der Waals surface area contributed by atoms with E-state index in [-0.39, 0.29) is 5.91 Å². The quantitative estimate of drug-likeness (QED) is 0.679. The molecule has 2 aromatic rings. The first-order valence-corrected chi connectivity index (χ1v) is 8.92. The standard InChI is InChI=1S/C20H24ClNO3/c1-3-15-9-11-16(12-10-15)24-14-13-22-20(23)18(4-2)25-19-8-6-5-7-17(19)21/h5-12,18H,3-4,13-14H2,1-2H3,(H,22,23). The van der Waals surface area contributed by atoms with Gasteiger partial charge in [-0.1, -0.05) is 49.7 Å². The summed E-state index contributed by atoms with van der Waals surface area (Å²) in [6.45, 7) is 4.82. The minimum Gasteiger partial charge on any atom is -0.492 e. The first-order valence-electron chi connectivity index (χ1n) is 8.54. The SMILES string of the molecule is CCc1ccc(OCCNC(=O)C(CC)Oc2ccccc2Cl)cc1. The van der Waals surface area contributed by atoms with Crippen molar-refractivity contribution in [2.75, 3.05) is 13.2 Å². The lowest BCUT2D eigenvalue weighted by Gasteiger charge is -2.18. The monoisotopic (exact) mass is 361 g/mol. The third kappa shape index (κ3) is 5.98. The number of rotatable bonds is 9. The van der Waals surface area contributed by atoms with E-state index in [4.69, 9.17) is 21.1 Å². The molecular formula is C20H24ClNO3. The Morgan fingerprint density at radius 2 is 1.84 bits per heavy atom. The van der Waals surface area contributed by atoms with E-state index < -0.39 is 6.10 Å². The van der Waals surface area contributed by atoms with Crippen molar-refractivity contribution < 1.29 is 14.3 Å². The van der Waals surface area contributed by atoms with Crippen molar-refractivity contribution in [3.8, 4) is 11.5 Å². The number of amides is 1. The van der Waals surface area contributed by atoms with Crippen LogP contribution in [-0.2, 0) is 11.2 Å². The van der Waals surface area contributed by atoms with Gasteiger partial charge in [-0.25, -0.2) is 0 Å². The lowest BCUT2D eigenvalue weighted by molar-refractivity contribution is -0.128. The normalized spacial score (nSPS) is 11.6. The Morgan fingerprint density at radius 1 is 1.12 bits per heavy atom. The number of carbonyl (C=O) groups excluding carboxylic acids is 1. The summed E-state index contributed by atoms with van der Waals surface area (Å²) in [6, 6.07) is 15.1. The molecule has 4 nitrogen and oxygen atoms in total. The van der Waals surface area contributed by atoms with Crippen LogP contribution in [0, 0.1) is 0 Å². The van der Waals surface area contributed by atoms with Gasteiger partial charge in [0.2, 0.25) is 0 Å². The fraction of sp³-hybridized carbons (Fsp3) is 0.350. The number of hydrogen-bond acceptors (Lipinski definition) is 3. The molecule has 2 rings (SSSR count). The molecule has 0 aliphatic rings. The molecule has 0 saturated heterocycles. The Balaban J connectivity index is 1.76. The summed E-state index contributed by atoms with van der Waals surface area (Å²) in [5.74, 6) is 1.14. The zero-order chi connectivity index (χ0) is 18.1. The highest BCUT2D eigenvalue weighted by Gasteiger charge is 2.18. The maximum absolute atomic E-state index is 12.3. The van der Waals surface area contributed by atoms with Crippen molar-refractivity contribution >= 4 is 17.5 Å². The highest BCUT2D eigenvalue weighted by Crippen LogP contribution is 2.24. The Labute approximate surface area is 154 Å². The topological polar surface area (TPSA) is 47.6 Å². The maximum Gasteiger partial charge on any atom is 0.261 e. The summed E-state index contributed by atoms with van der Waals surface area (Å²) < 4.78 is 11.3. The van der Waals surface area contributed by atoms with E-state index in [0.717, 1.165) is 12.2 Å². The summed E-state index contributed by atoms with van der Waals surface area (Å²) in [6.07, 6.45) is 0.972. The van der Waals surface area contributed by atoms with Crippen molar-refractivity contribution in [2.24, 2.45) is 0 Å². The van der Waals surface area contributed by atoms with E-state index in [9.17, 15) is 4.79 Å². The van der Waals surface area contributed by atoms with Gasteiger partial charge in [-0.15, -0.1) is 0 Å². The van der Waals surface area contributed by atoms with Crippen LogP contribution in [0.15, 0.2) is 48.5 Å². The second-order valence-corrected chi connectivity index (χ2v) is 5.99. The number of carbonyl (C=O) groups is 1. The lowest BCUT2D eigenvalue weighted by Crippen LogP contribution is -2.39. The minimum absolute atomic E-state index is 0.174. The number of para-hydroxylation sites is 1. The van der Waals surface area contributed by atoms with Gasteiger partial charge in [0.1, 0.15) is 18.1 Å². The summed E-state index contributed by atoms with van der Waals surface area (Å²) in [5, 5.41) is 3.33. The summed E-state index contributed by atoms with van der Waals surface area (Å²) in [7, 11) is 0. The fourth-order valence-electron chi connectivity index (χ4n) is 2.29. The molecule has 0 fully saturated rings. The van der Waals surface area contributed by atoms with Crippen molar-refractivity contribution in [3.63, 3.8) is 0 Å². The number of benzene rings is 2. The molecule has 0 bridgehead atoms. The van der Waals surface area contributed by atoms with Crippen molar-refractivity contribution in [2.45, 2.75) is 32.8 Å². The largest absolute Gasteiger partial charge is 0.492 e. The molecule has 0 saturated carbocycles. The molecule has 0 aromatic heterocycles. The highest BCUT2D eigenvalue weighted by molar-refractivity contribution is 6.32. The predicted octanol–water partition coefficient (Wildman–Crippen LogP) is 4.26. The Kier molecular flexibility index (Phi) is 7.61. The molecule has 0 heterocycles. The predicted molar refractivity (Wildman–Crippen MR) is 100 cm³/mol. The van der Waals surface area contributed by atoms with Crippen LogP contribution in [-0.4, -0.2) is 25.2 Å². The number of nitrogens with one attached hydrogen (secondary N) is 1.